The van der Waals surface area contributed by atoms with Gasteiger partial charge >= 0.3 is 0 Å². The van der Waals surface area contributed by atoms with Crippen molar-refractivity contribution in [2.24, 2.45) is 5.73 Å². The molecule has 2 rings (SSSR count). The summed E-state index contributed by atoms with van der Waals surface area (Å²) in [7, 11) is 1.64. The Balaban J connectivity index is 2.30. The second kappa shape index (κ2) is 6.25. The van der Waals surface area contributed by atoms with E-state index in [1.165, 1.54) is 5.56 Å². The van der Waals surface area contributed by atoms with E-state index in [0.717, 1.165) is 22.6 Å². The Morgan fingerprint density at radius 1 is 0.947 bits per heavy atom. The van der Waals surface area contributed by atoms with E-state index in [0.29, 0.717) is 13.2 Å². The molecule has 0 amide bonds. The first-order valence-electron chi connectivity index (χ1n) is 6.32. The minimum Gasteiger partial charge on any atom is -0.493 e. The van der Waals surface area contributed by atoms with E-state index in [2.05, 4.69) is 31.2 Å². The van der Waals surface area contributed by atoms with Crippen molar-refractivity contribution in [3.63, 3.8) is 0 Å². The number of benzene rings is 2. The zero-order chi connectivity index (χ0) is 13.7. The standard InChI is InChI=1S/C16H19NO2/c1-12-3-5-13(6-4-12)14-7-8-15(19-10-9-17)16(11-14)18-2/h3-8,11H,9-10,17H2,1-2H3. The van der Waals surface area contributed by atoms with E-state index in [-0.39, 0.29) is 0 Å². The lowest BCUT2D eigenvalue weighted by Gasteiger charge is -2.12. The van der Waals surface area contributed by atoms with Crippen LogP contribution in [0.2, 0.25) is 0 Å². The minimum atomic E-state index is 0.486. The molecule has 0 aromatic heterocycles. The van der Waals surface area contributed by atoms with Crippen molar-refractivity contribution < 1.29 is 9.47 Å². The maximum absolute atomic E-state index is 5.54. The quantitative estimate of drug-likeness (QED) is 0.895. The maximum Gasteiger partial charge on any atom is 0.161 e. The first kappa shape index (κ1) is 13.4. The summed E-state index contributed by atoms with van der Waals surface area (Å²) in [6, 6.07) is 14.3. The minimum absolute atomic E-state index is 0.486. The lowest BCUT2D eigenvalue weighted by atomic mass is 10.0. The third-order valence-electron chi connectivity index (χ3n) is 2.92. The summed E-state index contributed by atoms with van der Waals surface area (Å²) < 4.78 is 10.9. The highest BCUT2D eigenvalue weighted by Gasteiger charge is 2.06. The molecule has 2 aromatic carbocycles. The molecule has 3 nitrogen and oxygen atoms in total. The van der Waals surface area contributed by atoms with Crippen LogP contribution in [0, 0.1) is 6.92 Å². The van der Waals surface area contributed by atoms with Crippen molar-refractivity contribution >= 4 is 0 Å². The van der Waals surface area contributed by atoms with Crippen LogP contribution in [-0.4, -0.2) is 20.3 Å². The molecular formula is C16H19NO2. The zero-order valence-corrected chi connectivity index (χ0v) is 11.3. The third-order valence-corrected chi connectivity index (χ3v) is 2.92. The number of rotatable bonds is 5. The molecule has 2 N–H and O–H groups in total. The molecule has 0 bridgehead atoms. The Kier molecular flexibility index (Phi) is 4.42. The molecule has 0 radical (unpaired) electrons. The van der Waals surface area contributed by atoms with E-state index >= 15 is 0 Å². The van der Waals surface area contributed by atoms with Crippen LogP contribution in [0.15, 0.2) is 42.5 Å². The van der Waals surface area contributed by atoms with Crippen LogP contribution in [0.25, 0.3) is 11.1 Å². The fourth-order valence-corrected chi connectivity index (χ4v) is 1.88. The highest BCUT2D eigenvalue weighted by atomic mass is 16.5. The van der Waals surface area contributed by atoms with Crippen LogP contribution < -0.4 is 15.2 Å². The molecule has 0 atom stereocenters. The highest BCUT2D eigenvalue weighted by molar-refractivity contribution is 5.67. The van der Waals surface area contributed by atoms with Crippen molar-refractivity contribution in [2.45, 2.75) is 6.92 Å². The van der Waals surface area contributed by atoms with Gasteiger partial charge in [0.2, 0.25) is 0 Å². The van der Waals surface area contributed by atoms with Gasteiger partial charge in [0.25, 0.3) is 0 Å². The van der Waals surface area contributed by atoms with Gasteiger partial charge in [0.05, 0.1) is 7.11 Å². The van der Waals surface area contributed by atoms with Crippen LogP contribution in [0.5, 0.6) is 11.5 Å². The van der Waals surface area contributed by atoms with Crippen LogP contribution in [-0.2, 0) is 0 Å². The van der Waals surface area contributed by atoms with Gasteiger partial charge in [-0.25, -0.2) is 0 Å². The summed E-state index contributed by atoms with van der Waals surface area (Å²) in [6.07, 6.45) is 0. The van der Waals surface area contributed by atoms with E-state index in [1.54, 1.807) is 7.11 Å². The Morgan fingerprint density at radius 2 is 1.63 bits per heavy atom. The van der Waals surface area contributed by atoms with Crippen LogP contribution in [0.1, 0.15) is 5.56 Å². The van der Waals surface area contributed by atoms with E-state index in [9.17, 15) is 0 Å². The van der Waals surface area contributed by atoms with Crippen LogP contribution in [0.4, 0.5) is 0 Å². The van der Waals surface area contributed by atoms with Gasteiger partial charge in [-0.15, -0.1) is 0 Å². The van der Waals surface area contributed by atoms with Gasteiger partial charge in [0, 0.05) is 6.54 Å². The van der Waals surface area contributed by atoms with E-state index in [4.69, 9.17) is 15.2 Å². The largest absolute Gasteiger partial charge is 0.493 e. The zero-order valence-electron chi connectivity index (χ0n) is 11.3. The summed E-state index contributed by atoms with van der Waals surface area (Å²) in [5.74, 6) is 1.45. The monoisotopic (exact) mass is 257 g/mol. The fourth-order valence-electron chi connectivity index (χ4n) is 1.88. The summed E-state index contributed by atoms with van der Waals surface area (Å²) in [5.41, 5.74) is 8.96. The second-order valence-electron chi connectivity index (χ2n) is 4.37. The summed E-state index contributed by atoms with van der Waals surface area (Å²) in [5, 5.41) is 0. The number of aryl methyl sites for hydroxylation is 1. The Bertz CT molecular complexity index is 535. The van der Waals surface area contributed by atoms with Gasteiger partial charge in [-0.05, 0) is 30.2 Å². The molecule has 0 fully saturated rings. The first-order valence-corrected chi connectivity index (χ1v) is 6.32. The van der Waals surface area contributed by atoms with Crippen molar-refractivity contribution in [1.82, 2.24) is 0 Å². The topological polar surface area (TPSA) is 44.5 Å². The van der Waals surface area contributed by atoms with Gasteiger partial charge in [-0.3, -0.25) is 0 Å². The Hall–Kier alpha value is -2.00. The van der Waals surface area contributed by atoms with Crippen molar-refractivity contribution in [3.05, 3.63) is 48.0 Å². The van der Waals surface area contributed by atoms with Gasteiger partial charge in [0.15, 0.2) is 11.5 Å². The van der Waals surface area contributed by atoms with Crippen LogP contribution in [0.3, 0.4) is 0 Å². The Labute approximate surface area is 114 Å². The summed E-state index contributed by atoms with van der Waals surface area (Å²) >= 11 is 0. The molecule has 0 saturated heterocycles. The number of ether oxygens (including phenoxy) is 2. The summed E-state index contributed by atoms with van der Waals surface area (Å²) in [4.78, 5) is 0. The number of hydrogen-bond acceptors (Lipinski definition) is 3. The van der Waals surface area contributed by atoms with Gasteiger partial charge in [-0.2, -0.15) is 0 Å². The molecule has 2 aromatic rings. The lowest BCUT2D eigenvalue weighted by Crippen LogP contribution is -2.11. The average Bonchev–Trinajstić information content (AvgIpc) is 2.46. The number of methoxy groups -OCH3 is 1. The van der Waals surface area contributed by atoms with Crippen molar-refractivity contribution in [2.75, 3.05) is 20.3 Å². The molecule has 0 aliphatic heterocycles. The molecule has 0 aliphatic carbocycles. The molecule has 0 aliphatic rings. The van der Waals surface area contributed by atoms with Crippen molar-refractivity contribution in [3.8, 4) is 22.6 Å². The molecule has 0 unspecified atom stereocenters. The van der Waals surface area contributed by atoms with Gasteiger partial charge < -0.3 is 15.2 Å². The predicted molar refractivity (Wildman–Crippen MR) is 77.7 cm³/mol. The molecule has 19 heavy (non-hydrogen) atoms. The van der Waals surface area contributed by atoms with Gasteiger partial charge in [0.1, 0.15) is 6.61 Å². The summed E-state index contributed by atoms with van der Waals surface area (Å²) in [6.45, 7) is 3.05. The van der Waals surface area contributed by atoms with Crippen LogP contribution >= 0.6 is 0 Å². The molecule has 0 heterocycles. The fraction of sp³-hybridized carbons (Fsp3) is 0.250. The second-order valence-corrected chi connectivity index (χ2v) is 4.37. The predicted octanol–water partition coefficient (Wildman–Crippen LogP) is 3.01. The molecule has 0 spiro atoms. The smallest absolute Gasteiger partial charge is 0.161 e. The van der Waals surface area contributed by atoms with Gasteiger partial charge in [-0.1, -0.05) is 35.9 Å². The van der Waals surface area contributed by atoms with E-state index in [1.807, 2.05) is 18.2 Å². The lowest BCUT2D eigenvalue weighted by molar-refractivity contribution is 0.302. The molecule has 0 saturated carbocycles. The molecule has 3 heteroatoms. The van der Waals surface area contributed by atoms with Crippen molar-refractivity contribution in [1.29, 1.82) is 0 Å². The normalized spacial score (nSPS) is 10.3. The number of nitrogens with two attached hydrogens (primary N) is 1. The third kappa shape index (κ3) is 3.26. The SMILES string of the molecule is COc1cc(-c2ccc(C)cc2)ccc1OCCN. The van der Waals surface area contributed by atoms with E-state index < -0.39 is 0 Å². The molecule has 100 valence electrons. The molecular weight excluding hydrogens is 238 g/mol. The maximum atomic E-state index is 5.54. The number of hydrogen-bond donors (Lipinski definition) is 1. The Morgan fingerprint density at radius 3 is 2.26 bits per heavy atom. The average molecular weight is 257 g/mol. The highest BCUT2D eigenvalue weighted by Crippen LogP contribution is 2.32. The first-order chi connectivity index (χ1) is 9.24.